The van der Waals surface area contributed by atoms with E-state index < -0.39 is 0 Å². The smallest absolute Gasteiger partial charge is 0.0944 e. The maximum absolute atomic E-state index is 5.74. The molecular formula is C15H19N3S. The summed E-state index contributed by atoms with van der Waals surface area (Å²) in [6.45, 7) is 2.04. The van der Waals surface area contributed by atoms with E-state index in [9.17, 15) is 0 Å². The fraction of sp³-hybridized carbons (Fsp3) is 0.400. The van der Waals surface area contributed by atoms with Crippen LogP contribution < -0.4 is 11.3 Å². The standard InChI is InChI=1S/C15H19N3S/c1-10-9-19-15(17-10)8-14(18-16)13-7-12(13)11-5-3-2-4-6-11/h2-6,9,12-14,18H,7-8,16H2,1H3. The molecule has 0 radical (unpaired) electrons. The largest absolute Gasteiger partial charge is 0.271 e. The molecule has 1 aromatic heterocycles. The van der Waals surface area contributed by atoms with Crippen LogP contribution in [0.4, 0.5) is 0 Å². The third-order valence-electron chi connectivity index (χ3n) is 3.86. The van der Waals surface area contributed by atoms with Crippen molar-refractivity contribution in [3.8, 4) is 0 Å². The van der Waals surface area contributed by atoms with Crippen molar-refractivity contribution in [1.82, 2.24) is 10.4 Å². The van der Waals surface area contributed by atoms with E-state index in [1.165, 1.54) is 17.0 Å². The molecule has 0 saturated heterocycles. The van der Waals surface area contributed by atoms with Gasteiger partial charge in [0.15, 0.2) is 0 Å². The summed E-state index contributed by atoms with van der Waals surface area (Å²) in [4.78, 5) is 4.53. The van der Waals surface area contributed by atoms with Crippen molar-refractivity contribution >= 4 is 11.3 Å². The lowest BCUT2D eigenvalue weighted by molar-refractivity contribution is 0.463. The molecule has 1 saturated carbocycles. The number of thiazole rings is 1. The van der Waals surface area contributed by atoms with E-state index in [1.807, 2.05) is 6.92 Å². The van der Waals surface area contributed by atoms with Crippen molar-refractivity contribution in [1.29, 1.82) is 0 Å². The Morgan fingerprint density at radius 1 is 1.42 bits per heavy atom. The SMILES string of the molecule is Cc1csc(CC(NN)C2CC2c2ccccc2)n1. The highest BCUT2D eigenvalue weighted by Gasteiger charge is 2.43. The van der Waals surface area contributed by atoms with Gasteiger partial charge in [-0.1, -0.05) is 30.3 Å². The normalized spacial score (nSPS) is 23.3. The van der Waals surface area contributed by atoms with Crippen LogP contribution in [0.1, 0.15) is 28.6 Å². The van der Waals surface area contributed by atoms with Gasteiger partial charge in [0, 0.05) is 23.5 Å². The predicted molar refractivity (Wildman–Crippen MR) is 79.0 cm³/mol. The van der Waals surface area contributed by atoms with Gasteiger partial charge in [-0.3, -0.25) is 11.3 Å². The quantitative estimate of drug-likeness (QED) is 0.650. The first kappa shape index (κ1) is 12.8. The molecule has 1 heterocycles. The van der Waals surface area contributed by atoms with Gasteiger partial charge in [-0.15, -0.1) is 11.3 Å². The van der Waals surface area contributed by atoms with Crippen LogP contribution in [0.15, 0.2) is 35.7 Å². The van der Waals surface area contributed by atoms with Crippen molar-refractivity contribution in [2.24, 2.45) is 11.8 Å². The van der Waals surface area contributed by atoms with E-state index >= 15 is 0 Å². The topological polar surface area (TPSA) is 50.9 Å². The number of aryl methyl sites for hydroxylation is 1. The van der Waals surface area contributed by atoms with Crippen LogP contribution >= 0.6 is 11.3 Å². The molecule has 100 valence electrons. The van der Waals surface area contributed by atoms with Crippen molar-refractivity contribution in [2.75, 3.05) is 0 Å². The monoisotopic (exact) mass is 273 g/mol. The summed E-state index contributed by atoms with van der Waals surface area (Å²) in [6, 6.07) is 11.0. The van der Waals surface area contributed by atoms with Crippen LogP contribution in [0.25, 0.3) is 0 Å². The van der Waals surface area contributed by atoms with E-state index in [0.29, 0.717) is 17.9 Å². The number of hydrogen-bond donors (Lipinski definition) is 2. The van der Waals surface area contributed by atoms with E-state index in [0.717, 1.165) is 12.1 Å². The minimum absolute atomic E-state index is 0.329. The Balaban J connectivity index is 1.65. The Bertz CT molecular complexity index is 537. The molecule has 4 heteroatoms. The van der Waals surface area contributed by atoms with E-state index in [-0.39, 0.29) is 0 Å². The summed E-state index contributed by atoms with van der Waals surface area (Å²) in [5.41, 5.74) is 5.52. The summed E-state index contributed by atoms with van der Waals surface area (Å²) in [5, 5.41) is 3.28. The van der Waals surface area contributed by atoms with Crippen LogP contribution in [0, 0.1) is 12.8 Å². The predicted octanol–water partition coefficient (Wildman–Crippen LogP) is 2.63. The number of nitrogens with two attached hydrogens (primary N) is 1. The zero-order chi connectivity index (χ0) is 13.2. The van der Waals surface area contributed by atoms with E-state index in [2.05, 4.69) is 46.1 Å². The number of hydrazine groups is 1. The molecular weight excluding hydrogens is 254 g/mol. The molecule has 1 aliphatic rings. The van der Waals surface area contributed by atoms with E-state index in [1.54, 1.807) is 11.3 Å². The highest BCUT2D eigenvalue weighted by atomic mass is 32.1. The molecule has 3 nitrogen and oxygen atoms in total. The average Bonchev–Trinajstić information content (AvgIpc) is 3.13. The third-order valence-corrected chi connectivity index (χ3v) is 4.85. The molecule has 0 spiro atoms. The van der Waals surface area contributed by atoms with Crippen LogP contribution in [-0.2, 0) is 6.42 Å². The van der Waals surface area contributed by atoms with Gasteiger partial charge in [-0.05, 0) is 30.7 Å². The lowest BCUT2D eigenvalue weighted by Gasteiger charge is -2.14. The summed E-state index contributed by atoms with van der Waals surface area (Å²) in [7, 11) is 0. The van der Waals surface area contributed by atoms with Gasteiger partial charge in [0.1, 0.15) is 0 Å². The third kappa shape index (κ3) is 2.86. The molecule has 2 aromatic rings. The van der Waals surface area contributed by atoms with Gasteiger partial charge in [-0.25, -0.2) is 4.98 Å². The highest BCUT2D eigenvalue weighted by Crippen LogP contribution is 2.49. The van der Waals surface area contributed by atoms with Crippen molar-refractivity contribution in [3.05, 3.63) is 52.0 Å². The average molecular weight is 273 g/mol. The van der Waals surface area contributed by atoms with Gasteiger partial charge in [-0.2, -0.15) is 0 Å². The van der Waals surface area contributed by atoms with Crippen LogP contribution in [-0.4, -0.2) is 11.0 Å². The molecule has 0 bridgehead atoms. The molecule has 1 fully saturated rings. The first-order valence-corrected chi connectivity index (χ1v) is 7.58. The van der Waals surface area contributed by atoms with E-state index in [4.69, 9.17) is 5.84 Å². The zero-order valence-electron chi connectivity index (χ0n) is 11.0. The first-order valence-electron chi connectivity index (χ1n) is 6.70. The fourth-order valence-electron chi connectivity index (χ4n) is 2.76. The molecule has 3 unspecified atom stereocenters. The van der Waals surface area contributed by atoms with Crippen LogP contribution in [0.2, 0.25) is 0 Å². The van der Waals surface area contributed by atoms with Gasteiger partial charge < -0.3 is 0 Å². The first-order chi connectivity index (χ1) is 9.28. The Kier molecular flexibility index (Phi) is 3.64. The Morgan fingerprint density at radius 2 is 2.21 bits per heavy atom. The zero-order valence-corrected chi connectivity index (χ0v) is 11.9. The Labute approximate surface area is 117 Å². The van der Waals surface area contributed by atoms with Gasteiger partial charge in [0.2, 0.25) is 0 Å². The summed E-state index contributed by atoms with van der Waals surface area (Å²) >= 11 is 1.73. The maximum atomic E-state index is 5.74. The second kappa shape index (κ2) is 5.41. The molecule has 1 aliphatic carbocycles. The fourth-order valence-corrected chi connectivity index (χ4v) is 3.59. The number of hydrogen-bond acceptors (Lipinski definition) is 4. The minimum atomic E-state index is 0.329. The molecule has 3 atom stereocenters. The second-order valence-corrected chi connectivity index (χ2v) is 6.22. The maximum Gasteiger partial charge on any atom is 0.0944 e. The molecule has 1 aromatic carbocycles. The molecule has 3 rings (SSSR count). The van der Waals surface area contributed by atoms with Crippen LogP contribution in [0.5, 0.6) is 0 Å². The summed E-state index contributed by atoms with van der Waals surface area (Å²) in [5.74, 6) is 7.03. The van der Waals surface area contributed by atoms with Crippen molar-refractivity contribution < 1.29 is 0 Å². The number of aromatic nitrogens is 1. The Hall–Kier alpha value is -1.23. The minimum Gasteiger partial charge on any atom is -0.271 e. The number of nitrogens with one attached hydrogen (secondary N) is 1. The van der Waals surface area contributed by atoms with Crippen LogP contribution in [0.3, 0.4) is 0 Å². The van der Waals surface area contributed by atoms with Crippen molar-refractivity contribution in [3.63, 3.8) is 0 Å². The lowest BCUT2D eigenvalue weighted by Crippen LogP contribution is -2.38. The van der Waals surface area contributed by atoms with Gasteiger partial charge in [0.05, 0.1) is 5.01 Å². The number of nitrogens with zero attached hydrogens (tertiary/aromatic N) is 1. The molecule has 0 amide bonds. The number of benzene rings is 1. The van der Waals surface area contributed by atoms with Gasteiger partial charge in [0.25, 0.3) is 0 Å². The van der Waals surface area contributed by atoms with Crippen molar-refractivity contribution in [2.45, 2.75) is 31.7 Å². The summed E-state index contributed by atoms with van der Waals surface area (Å²) in [6.07, 6.45) is 2.16. The van der Waals surface area contributed by atoms with Gasteiger partial charge >= 0.3 is 0 Å². The molecule has 0 aliphatic heterocycles. The molecule has 3 N–H and O–H groups in total. The highest BCUT2D eigenvalue weighted by molar-refractivity contribution is 7.09. The Morgan fingerprint density at radius 3 is 2.84 bits per heavy atom. The molecule has 19 heavy (non-hydrogen) atoms. The lowest BCUT2D eigenvalue weighted by atomic mass is 10.0. The second-order valence-electron chi connectivity index (χ2n) is 5.28. The number of rotatable bonds is 5. The summed E-state index contributed by atoms with van der Waals surface area (Å²) < 4.78 is 0.